The molecule has 9 nitrogen and oxygen atoms in total. The van der Waals surface area contributed by atoms with E-state index in [4.69, 9.17) is 21.1 Å². The van der Waals surface area contributed by atoms with E-state index >= 15 is 0 Å². The van der Waals surface area contributed by atoms with Gasteiger partial charge in [0.1, 0.15) is 23.8 Å². The molecule has 1 saturated heterocycles. The third-order valence-corrected chi connectivity index (χ3v) is 4.42. The van der Waals surface area contributed by atoms with Crippen LogP contribution in [0.1, 0.15) is 30.7 Å². The second-order valence-electron chi connectivity index (χ2n) is 7.66. The van der Waals surface area contributed by atoms with Gasteiger partial charge in [-0.25, -0.2) is 0 Å². The van der Waals surface area contributed by atoms with Crippen molar-refractivity contribution in [2.24, 2.45) is 10.9 Å². The standard InChI is InChI=1S/C20H28N6O3/c1-13-4-5-15(21)14(10-13)18(25-22)16-11-17(26-6-8-28-9-7-26)24-19(23-16)29-12-20(2,3)27/h4-5,10-11,27H,6-9,12,21-22H2,1-3H3. The van der Waals surface area contributed by atoms with Gasteiger partial charge in [-0.1, -0.05) is 11.6 Å². The summed E-state index contributed by atoms with van der Waals surface area (Å²) >= 11 is 0. The molecule has 1 aromatic carbocycles. The van der Waals surface area contributed by atoms with Crippen molar-refractivity contribution in [3.8, 4) is 6.01 Å². The minimum atomic E-state index is -1.02. The number of aromatic nitrogens is 2. The predicted molar refractivity (Wildman–Crippen MR) is 112 cm³/mol. The van der Waals surface area contributed by atoms with Crippen molar-refractivity contribution < 1.29 is 14.6 Å². The first-order valence-electron chi connectivity index (χ1n) is 9.48. The van der Waals surface area contributed by atoms with Gasteiger partial charge in [-0.15, -0.1) is 0 Å². The normalized spacial score (nSPS) is 15.4. The zero-order valence-corrected chi connectivity index (χ0v) is 17.1. The van der Waals surface area contributed by atoms with Gasteiger partial charge in [0, 0.05) is 30.4 Å². The van der Waals surface area contributed by atoms with Crippen LogP contribution in [0.25, 0.3) is 0 Å². The zero-order valence-electron chi connectivity index (χ0n) is 17.1. The molecular formula is C20H28N6O3. The SMILES string of the molecule is Cc1ccc(N)c(C(=NN)c2cc(N3CCOCC3)nc(OCC(C)(C)O)n2)c1. The highest BCUT2D eigenvalue weighted by molar-refractivity contribution is 6.14. The number of benzene rings is 1. The number of hydrogen-bond donors (Lipinski definition) is 3. The third-order valence-electron chi connectivity index (χ3n) is 4.42. The molecule has 1 aliphatic rings. The van der Waals surface area contributed by atoms with Gasteiger partial charge in [-0.3, -0.25) is 0 Å². The van der Waals surface area contributed by atoms with Crippen molar-refractivity contribution in [2.45, 2.75) is 26.4 Å². The van der Waals surface area contributed by atoms with E-state index in [9.17, 15) is 5.11 Å². The lowest BCUT2D eigenvalue weighted by Crippen LogP contribution is -2.37. The molecule has 156 valence electrons. The van der Waals surface area contributed by atoms with E-state index in [1.807, 2.05) is 31.2 Å². The van der Waals surface area contributed by atoms with Gasteiger partial charge in [0.25, 0.3) is 0 Å². The zero-order chi connectivity index (χ0) is 21.0. The van der Waals surface area contributed by atoms with E-state index in [1.165, 1.54) is 0 Å². The third kappa shape index (κ3) is 5.33. The van der Waals surface area contributed by atoms with E-state index < -0.39 is 5.60 Å². The Hall–Kier alpha value is -2.91. The van der Waals surface area contributed by atoms with Crippen LogP contribution in [0.5, 0.6) is 6.01 Å². The highest BCUT2D eigenvalue weighted by atomic mass is 16.5. The molecule has 0 atom stereocenters. The summed E-state index contributed by atoms with van der Waals surface area (Å²) in [4.78, 5) is 11.1. The highest BCUT2D eigenvalue weighted by Crippen LogP contribution is 2.23. The number of nitrogen functional groups attached to an aromatic ring is 1. The molecule has 29 heavy (non-hydrogen) atoms. The topological polar surface area (TPSA) is 132 Å². The molecule has 3 rings (SSSR count). The number of rotatable bonds is 6. The quantitative estimate of drug-likeness (QED) is 0.284. The van der Waals surface area contributed by atoms with Crippen LogP contribution in [0.4, 0.5) is 11.5 Å². The summed E-state index contributed by atoms with van der Waals surface area (Å²) in [7, 11) is 0. The molecule has 0 aliphatic carbocycles. The number of anilines is 2. The van der Waals surface area contributed by atoms with Crippen molar-refractivity contribution in [3.63, 3.8) is 0 Å². The predicted octanol–water partition coefficient (Wildman–Crippen LogP) is 1.06. The highest BCUT2D eigenvalue weighted by Gasteiger charge is 2.21. The Labute approximate surface area is 170 Å². The summed E-state index contributed by atoms with van der Waals surface area (Å²) in [5.74, 6) is 6.41. The van der Waals surface area contributed by atoms with Gasteiger partial charge in [-0.05, 0) is 32.9 Å². The second kappa shape index (κ2) is 8.62. The average molecular weight is 400 g/mol. The molecule has 9 heteroatoms. The molecule has 0 unspecified atom stereocenters. The number of morpholine rings is 1. The Kier molecular flexibility index (Phi) is 6.19. The molecule has 5 N–H and O–H groups in total. The largest absolute Gasteiger partial charge is 0.460 e. The first-order valence-corrected chi connectivity index (χ1v) is 9.48. The van der Waals surface area contributed by atoms with Gasteiger partial charge >= 0.3 is 6.01 Å². The van der Waals surface area contributed by atoms with Gasteiger partial charge in [-0.2, -0.15) is 15.1 Å². The minimum absolute atomic E-state index is 0.0424. The molecule has 1 fully saturated rings. The Morgan fingerprint density at radius 2 is 2.00 bits per heavy atom. The van der Waals surface area contributed by atoms with Crippen LogP contribution in [0.3, 0.4) is 0 Å². The number of ether oxygens (including phenoxy) is 2. The molecule has 2 aromatic rings. The molecule has 0 amide bonds. The van der Waals surface area contributed by atoms with Crippen molar-refractivity contribution in [1.82, 2.24) is 9.97 Å². The van der Waals surface area contributed by atoms with E-state index in [0.717, 1.165) is 5.56 Å². The Bertz CT molecular complexity index is 888. The number of hydrogen-bond acceptors (Lipinski definition) is 9. The van der Waals surface area contributed by atoms with Crippen LogP contribution in [-0.2, 0) is 4.74 Å². The molecule has 1 aliphatic heterocycles. The van der Waals surface area contributed by atoms with Gasteiger partial charge in [0.05, 0.1) is 18.8 Å². The number of nitrogens with zero attached hydrogens (tertiary/aromatic N) is 4. The summed E-state index contributed by atoms with van der Waals surface area (Å²) in [5.41, 5.74) is 8.34. The lowest BCUT2D eigenvalue weighted by Gasteiger charge is -2.28. The summed E-state index contributed by atoms with van der Waals surface area (Å²) in [5, 5.41) is 14.0. The number of nitrogens with two attached hydrogens (primary N) is 2. The maximum Gasteiger partial charge on any atom is 0.319 e. The van der Waals surface area contributed by atoms with Crippen LogP contribution in [-0.4, -0.2) is 59.3 Å². The first-order chi connectivity index (χ1) is 13.8. The van der Waals surface area contributed by atoms with E-state index in [0.29, 0.717) is 54.8 Å². The molecule has 0 saturated carbocycles. The Morgan fingerprint density at radius 3 is 2.66 bits per heavy atom. The lowest BCUT2D eigenvalue weighted by atomic mass is 10.0. The maximum atomic E-state index is 10.00. The van der Waals surface area contributed by atoms with Crippen molar-refractivity contribution in [2.75, 3.05) is 43.5 Å². The molecular weight excluding hydrogens is 372 g/mol. The fourth-order valence-corrected chi connectivity index (χ4v) is 2.94. The van der Waals surface area contributed by atoms with Crippen LogP contribution < -0.4 is 21.2 Å². The Balaban J connectivity index is 2.04. The fourth-order valence-electron chi connectivity index (χ4n) is 2.94. The number of hydrazone groups is 1. The van der Waals surface area contributed by atoms with Crippen molar-refractivity contribution in [3.05, 3.63) is 41.1 Å². The monoisotopic (exact) mass is 400 g/mol. The molecule has 0 spiro atoms. The lowest BCUT2D eigenvalue weighted by molar-refractivity contribution is 0.0250. The smallest absolute Gasteiger partial charge is 0.319 e. The number of aryl methyl sites for hydroxylation is 1. The molecule has 1 aromatic heterocycles. The summed E-state index contributed by atoms with van der Waals surface area (Å²) in [6.07, 6.45) is 0. The summed E-state index contributed by atoms with van der Waals surface area (Å²) < 4.78 is 11.1. The van der Waals surface area contributed by atoms with Crippen molar-refractivity contribution >= 4 is 17.2 Å². The first kappa shape index (κ1) is 20.8. The molecule has 0 radical (unpaired) electrons. The van der Waals surface area contributed by atoms with Gasteiger partial charge < -0.3 is 31.1 Å². The average Bonchev–Trinajstić information content (AvgIpc) is 2.70. The van der Waals surface area contributed by atoms with Crippen molar-refractivity contribution in [1.29, 1.82) is 0 Å². The maximum absolute atomic E-state index is 10.00. The van der Waals surface area contributed by atoms with E-state index in [-0.39, 0.29) is 12.6 Å². The van der Waals surface area contributed by atoms with Gasteiger partial charge in [0.15, 0.2) is 0 Å². The summed E-state index contributed by atoms with van der Waals surface area (Å²) in [6, 6.07) is 7.60. The van der Waals surface area contributed by atoms with Crippen LogP contribution in [0.2, 0.25) is 0 Å². The minimum Gasteiger partial charge on any atom is -0.460 e. The van der Waals surface area contributed by atoms with Gasteiger partial charge in [0.2, 0.25) is 0 Å². The Morgan fingerprint density at radius 1 is 1.28 bits per heavy atom. The molecule has 0 bridgehead atoms. The van der Waals surface area contributed by atoms with E-state index in [1.54, 1.807) is 13.8 Å². The number of aliphatic hydroxyl groups is 1. The van der Waals surface area contributed by atoms with E-state index in [2.05, 4.69) is 20.0 Å². The van der Waals surface area contributed by atoms with Crippen LogP contribution in [0, 0.1) is 6.92 Å². The molecule has 2 heterocycles. The summed E-state index contributed by atoms with van der Waals surface area (Å²) in [6.45, 7) is 7.94. The van der Waals surface area contributed by atoms with Crippen LogP contribution >= 0.6 is 0 Å². The second-order valence-corrected chi connectivity index (χ2v) is 7.66. The fraction of sp³-hybridized carbons (Fsp3) is 0.450. The van der Waals surface area contributed by atoms with Crippen LogP contribution in [0.15, 0.2) is 29.4 Å².